The number of nitrogens with zero attached hydrogens (tertiary/aromatic N) is 3. The first-order valence-corrected chi connectivity index (χ1v) is 12.4. The highest BCUT2D eigenvalue weighted by atomic mass is 32.2. The monoisotopic (exact) mass is 459 g/mol. The molecule has 6 nitrogen and oxygen atoms in total. The molecule has 0 radical (unpaired) electrons. The van der Waals surface area contributed by atoms with Gasteiger partial charge in [-0.3, -0.25) is 4.90 Å². The number of halogens is 3. The molecule has 4 fully saturated rings. The van der Waals surface area contributed by atoms with E-state index in [1.807, 2.05) is 0 Å². The van der Waals surface area contributed by atoms with Crippen LogP contribution in [0.15, 0.2) is 17.0 Å². The Bertz CT molecular complexity index is 940. The van der Waals surface area contributed by atoms with Crippen molar-refractivity contribution in [3.8, 4) is 0 Å². The first-order chi connectivity index (χ1) is 14.6. The van der Waals surface area contributed by atoms with Gasteiger partial charge in [-0.15, -0.1) is 0 Å². The highest BCUT2D eigenvalue weighted by molar-refractivity contribution is 7.89. The fourth-order valence-corrected chi connectivity index (χ4v) is 8.39. The van der Waals surface area contributed by atoms with Gasteiger partial charge in [0.2, 0.25) is 10.0 Å². The van der Waals surface area contributed by atoms with Gasteiger partial charge in [-0.1, -0.05) is 0 Å². The maximum absolute atomic E-state index is 13.4. The number of sulfonamides is 1. The predicted molar refractivity (Wildman–Crippen MR) is 107 cm³/mol. The number of fused-ring (bicyclic) bond motifs is 2. The Morgan fingerprint density at radius 3 is 2.16 bits per heavy atom. The topological polar surface area (TPSA) is 62.7 Å². The van der Waals surface area contributed by atoms with E-state index in [1.54, 1.807) is 4.31 Å². The van der Waals surface area contributed by atoms with Gasteiger partial charge in [0.15, 0.2) is 0 Å². The second kappa shape index (κ2) is 7.40. The quantitative estimate of drug-likeness (QED) is 0.695. The maximum atomic E-state index is 13.4. The van der Waals surface area contributed by atoms with Gasteiger partial charge in [0.1, 0.15) is 10.6 Å². The van der Waals surface area contributed by atoms with Crippen LogP contribution in [0, 0.1) is 12.3 Å². The molecule has 0 aromatic carbocycles. The number of hydrogen-bond donors (Lipinski definition) is 0. The highest BCUT2D eigenvalue weighted by Gasteiger charge is 2.57. The van der Waals surface area contributed by atoms with Crippen LogP contribution in [0.5, 0.6) is 0 Å². The van der Waals surface area contributed by atoms with Crippen LogP contribution in [0.4, 0.5) is 13.2 Å². The second-order valence-electron chi connectivity index (χ2n) is 9.62. The van der Waals surface area contributed by atoms with Crippen LogP contribution in [0.25, 0.3) is 0 Å². The van der Waals surface area contributed by atoms with Gasteiger partial charge in [-0.05, 0) is 63.0 Å². The van der Waals surface area contributed by atoms with Crippen molar-refractivity contribution in [1.82, 2.24) is 14.2 Å². The molecule has 1 saturated carbocycles. The average Bonchev–Trinajstić information content (AvgIpc) is 2.98. The molecule has 31 heavy (non-hydrogen) atoms. The van der Waals surface area contributed by atoms with E-state index in [2.05, 4.69) is 9.88 Å². The summed E-state index contributed by atoms with van der Waals surface area (Å²) < 4.78 is 72.8. The molecule has 0 amide bonds. The molecule has 10 heteroatoms. The molecule has 1 spiro atoms. The SMILES string of the molecule is Cc1nc(C(F)(F)F)ccc1S(=O)(=O)N1C2CCC1CC1(CC(N3CCOCC3)C1)C2. The molecule has 1 aliphatic carbocycles. The number of morpholine rings is 1. The van der Waals surface area contributed by atoms with Crippen LogP contribution in [-0.2, 0) is 20.9 Å². The van der Waals surface area contributed by atoms with Crippen molar-refractivity contribution < 1.29 is 26.3 Å². The van der Waals surface area contributed by atoms with Gasteiger partial charge in [0.25, 0.3) is 0 Å². The third-order valence-electron chi connectivity index (χ3n) is 7.67. The molecular formula is C21H28F3N3O3S. The van der Waals surface area contributed by atoms with Gasteiger partial charge in [-0.2, -0.15) is 17.5 Å². The summed E-state index contributed by atoms with van der Waals surface area (Å²) in [6.07, 6.45) is 0.948. The minimum atomic E-state index is -4.59. The number of hydrogen-bond acceptors (Lipinski definition) is 5. The van der Waals surface area contributed by atoms with Crippen molar-refractivity contribution in [2.24, 2.45) is 5.41 Å². The van der Waals surface area contributed by atoms with Gasteiger partial charge in [0, 0.05) is 31.2 Å². The number of pyridine rings is 1. The molecule has 4 heterocycles. The predicted octanol–water partition coefficient (Wildman–Crippen LogP) is 3.21. The lowest BCUT2D eigenvalue weighted by molar-refractivity contribution is -0.141. The van der Waals surface area contributed by atoms with Crippen LogP contribution in [-0.4, -0.2) is 67.0 Å². The lowest BCUT2D eigenvalue weighted by atomic mass is 9.58. The molecule has 2 bridgehead atoms. The third kappa shape index (κ3) is 3.69. The van der Waals surface area contributed by atoms with Crippen molar-refractivity contribution in [2.45, 2.75) is 74.6 Å². The fraction of sp³-hybridized carbons (Fsp3) is 0.762. The molecule has 2 atom stereocenters. The molecule has 4 aliphatic rings. The minimum absolute atomic E-state index is 0.0731. The van der Waals surface area contributed by atoms with Crippen LogP contribution in [0.1, 0.15) is 49.9 Å². The summed E-state index contributed by atoms with van der Waals surface area (Å²) in [4.78, 5) is 5.94. The molecule has 1 aromatic heterocycles. The number of rotatable bonds is 3. The third-order valence-corrected chi connectivity index (χ3v) is 9.81. The lowest BCUT2D eigenvalue weighted by Crippen LogP contribution is -2.60. The molecule has 5 rings (SSSR count). The number of aryl methyl sites for hydroxylation is 1. The van der Waals surface area contributed by atoms with E-state index in [-0.39, 0.29) is 28.1 Å². The van der Waals surface area contributed by atoms with Crippen molar-refractivity contribution >= 4 is 10.0 Å². The van der Waals surface area contributed by atoms with E-state index in [9.17, 15) is 21.6 Å². The summed E-state index contributed by atoms with van der Waals surface area (Å²) in [5.41, 5.74) is -0.951. The number of aromatic nitrogens is 1. The van der Waals surface area contributed by atoms with Crippen molar-refractivity contribution in [1.29, 1.82) is 0 Å². The highest BCUT2D eigenvalue weighted by Crippen LogP contribution is 2.58. The van der Waals surface area contributed by atoms with Crippen LogP contribution >= 0.6 is 0 Å². The summed E-state index contributed by atoms with van der Waals surface area (Å²) in [6.45, 7) is 4.83. The summed E-state index contributed by atoms with van der Waals surface area (Å²) in [7, 11) is -3.88. The van der Waals surface area contributed by atoms with E-state index in [0.717, 1.165) is 77.0 Å². The van der Waals surface area contributed by atoms with Crippen LogP contribution in [0.3, 0.4) is 0 Å². The van der Waals surface area contributed by atoms with Crippen molar-refractivity contribution in [3.05, 3.63) is 23.5 Å². The largest absolute Gasteiger partial charge is 0.433 e. The van der Waals surface area contributed by atoms with Crippen molar-refractivity contribution in [2.75, 3.05) is 26.3 Å². The molecule has 172 valence electrons. The first-order valence-electron chi connectivity index (χ1n) is 11.0. The summed E-state index contributed by atoms with van der Waals surface area (Å²) in [5.74, 6) is 0. The Morgan fingerprint density at radius 2 is 1.61 bits per heavy atom. The molecule has 3 aliphatic heterocycles. The Hall–Kier alpha value is -1.23. The Labute approximate surface area is 180 Å². The Kier molecular flexibility index (Phi) is 5.16. The number of alkyl halides is 3. The number of piperidine rings is 1. The molecule has 2 unspecified atom stereocenters. The Morgan fingerprint density at radius 1 is 1.03 bits per heavy atom. The Balaban J connectivity index is 1.33. The van der Waals surface area contributed by atoms with Gasteiger partial charge in [-0.25, -0.2) is 13.4 Å². The maximum Gasteiger partial charge on any atom is 0.433 e. The summed E-state index contributed by atoms with van der Waals surface area (Å²) in [5, 5.41) is 0. The van der Waals surface area contributed by atoms with Crippen LogP contribution < -0.4 is 0 Å². The molecule has 0 N–H and O–H groups in total. The lowest BCUT2D eigenvalue weighted by Gasteiger charge is -2.57. The van der Waals surface area contributed by atoms with E-state index in [0.29, 0.717) is 6.04 Å². The zero-order chi connectivity index (χ0) is 22.0. The van der Waals surface area contributed by atoms with Crippen molar-refractivity contribution in [3.63, 3.8) is 0 Å². The van der Waals surface area contributed by atoms with E-state index in [1.165, 1.54) is 6.92 Å². The number of ether oxygens (including phenoxy) is 1. The minimum Gasteiger partial charge on any atom is -0.379 e. The average molecular weight is 460 g/mol. The second-order valence-corrected chi connectivity index (χ2v) is 11.4. The molecule has 1 aromatic rings. The summed E-state index contributed by atoms with van der Waals surface area (Å²) >= 11 is 0. The zero-order valence-electron chi connectivity index (χ0n) is 17.6. The fourth-order valence-electron chi connectivity index (χ4n) is 6.36. The van der Waals surface area contributed by atoms with Crippen LogP contribution in [0.2, 0.25) is 0 Å². The zero-order valence-corrected chi connectivity index (χ0v) is 18.4. The van der Waals surface area contributed by atoms with E-state index < -0.39 is 21.9 Å². The van der Waals surface area contributed by atoms with E-state index in [4.69, 9.17) is 4.74 Å². The smallest absolute Gasteiger partial charge is 0.379 e. The normalized spacial score (nSPS) is 34.8. The standard InChI is InChI=1S/C21H28F3N3O3S/c1-14-18(4-5-19(25-14)21(22,23)24)31(28,29)27-15-2-3-16(27)11-20(10-15)12-17(13-20)26-6-8-30-9-7-26/h4-5,15-17H,2-3,6-13H2,1H3. The molecular weight excluding hydrogens is 431 g/mol. The van der Waals surface area contributed by atoms with Gasteiger partial charge in [0.05, 0.1) is 18.9 Å². The molecule has 3 saturated heterocycles. The first kappa shape index (κ1) is 21.6. The van der Waals surface area contributed by atoms with E-state index >= 15 is 0 Å². The van der Waals surface area contributed by atoms with Gasteiger partial charge < -0.3 is 4.74 Å². The summed E-state index contributed by atoms with van der Waals surface area (Å²) in [6, 6.07) is 2.26. The van der Waals surface area contributed by atoms with Gasteiger partial charge >= 0.3 is 6.18 Å².